The average Bonchev–Trinajstić information content (AvgIpc) is 3.31. The molecule has 0 radical (unpaired) electrons. The molecule has 2 aromatic carbocycles. The lowest BCUT2D eigenvalue weighted by molar-refractivity contribution is -0.139. The summed E-state index contributed by atoms with van der Waals surface area (Å²) in [7, 11) is 0. The summed E-state index contributed by atoms with van der Waals surface area (Å²) < 4.78 is 11.6. The summed E-state index contributed by atoms with van der Waals surface area (Å²) in [5.41, 5.74) is 3.61. The quantitative estimate of drug-likeness (QED) is 0.577. The van der Waals surface area contributed by atoms with Crippen molar-refractivity contribution in [2.24, 2.45) is 0 Å². The van der Waals surface area contributed by atoms with Crippen molar-refractivity contribution in [2.45, 2.75) is 50.6 Å². The van der Waals surface area contributed by atoms with Gasteiger partial charge in [0.05, 0.1) is 19.8 Å². The summed E-state index contributed by atoms with van der Waals surface area (Å²) in [6, 6.07) is 15.2. The fourth-order valence-electron chi connectivity index (χ4n) is 5.12. The number of nitrogens with one attached hydrogen (secondary N) is 2. The number of aryl methyl sites for hydroxylation is 1. The molecule has 3 aliphatic rings. The van der Waals surface area contributed by atoms with Crippen molar-refractivity contribution >= 4 is 17.8 Å². The number of likely N-dealkylation sites (tertiary alicyclic amines) is 1. The topological polar surface area (TPSA) is 100 Å². The molecule has 0 unspecified atom stereocenters. The van der Waals surface area contributed by atoms with Crippen molar-refractivity contribution in [1.82, 2.24) is 20.7 Å². The Morgan fingerprint density at radius 3 is 2.67 bits per heavy atom. The summed E-state index contributed by atoms with van der Waals surface area (Å²) in [5, 5.41) is 3.58. The van der Waals surface area contributed by atoms with Gasteiger partial charge in [0.25, 0.3) is 11.8 Å². The molecular weight excluding hydrogens is 460 g/mol. The number of ether oxygens (including phenoxy) is 2. The van der Waals surface area contributed by atoms with E-state index in [1.807, 2.05) is 48.5 Å². The predicted molar refractivity (Wildman–Crippen MR) is 132 cm³/mol. The lowest BCUT2D eigenvalue weighted by Gasteiger charge is -2.26. The van der Waals surface area contributed by atoms with E-state index in [-0.39, 0.29) is 12.6 Å². The summed E-state index contributed by atoms with van der Waals surface area (Å²) in [4.78, 5) is 40.6. The Hall–Kier alpha value is -3.59. The van der Waals surface area contributed by atoms with Crippen LogP contribution in [0.5, 0.6) is 11.5 Å². The molecule has 4 amide bonds. The lowest BCUT2D eigenvalue weighted by Crippen LogP contribution is -2.51. The largest absolute Gasteiger partial charge is 0.490 e. The Morgan fingerprint density at radius 1 is 1.08 bits per heavy atom. The van der Waals surface area contributed by atoms with Gasteiger partial charge in [-0.15, -0.1) is 0 Å². The van der Waals surface area contributed by atoms with Crippen LogP contribution in [0.3, 0.4) is 0 Å². The Bertz CT molecular complexity index is 1140. The SMILES string of the molecule is C[C@]1(CCc2ccccc2)NC(=O)N(NC(=O)CN2CCC[C@H]2c2ccc3c(c2)OCCCO3)C1=O. The van der Waals surface area contributed by atoms with Gasteiger partial charge in [0.1, 0.15) is 5.54 Å². The molecule has 0 aromatic heterocycles. The number of hydrogen-bond acceptors (Lipinski definition) is 6. The van der Waals surface area contributed by atoms with Crippen LogP contribution in [0.1, 0.15) is 49.8 Å². The van der Waals surface area contributed by atoms with Crippen LogP contribution in [-0.2, 0) is 16.0 Å². The van der Waals surface area contributed by atoms with Crippen LogP contribution in [0, 0.1) is 0 Å². The molecule has 2 aromatic rings. The van der Waals surface area contributed by atoms with Crippen LogP contribution in [0.25, 0.3) is 0 Å². The molecule has 2 N–H and O–H groups in total. The molecule has 0 saturated carbocycles. The number of rotatable bonds is 7. The first-order chi connectivity index (χ1) is 17.4. The Balaban J connectivity index is 1.20. The van der Waals surface area contributed by atoms with Gasteiger partial charge in [-0.1, -0.05) is 36.4 Å². The minimum Gasteiger partial charge on any atom is -0.490 e. The average molecular weight is 493 g/mol. The van der Waals surface area contributed by atoms with E-state index in [4.69, 9.17) is 9.47 Å². The van der Waals surface area contributed by atoms with Gasteiger partial charge in [-0.3, -0.25) is 19.9 Å². The predicted octanol–water partition coefficient (Wildman–Crippen LogP) is 2.96. The molecule has 9 heteroatoms. The minimum atomic E-state index is -1.07. The highest BCUT2D eigenvalue weighted by molar-refractivity contribution is 6.07. The van der Waals surface area contributed by atoms with Crippen molar-refractivity contribution in [3.05, 3.63) is 59.7 Å². The monoisotopic (exact) mass is 492 g/mol. The molecule has 190 valence electrons. The van der Waals surface area contributed by atoms with Gasteiger partial charge in [-0.05, 0) is 62.4 Å². The molecule has 2 atom stereocenters. The zero-order chi connectivity index (χ0) is 25.1. The van der Waals surface area contributed by atoms with Crippen molar-refractivity contribution in [1.29, 1.82) is 0 Å². The molecule has 0 spiro atoms. The van der Waals surface area contributed by atoms with Gasteiger partial charge in [-0.2, -0.15) is 5.01 Å². The maximum Gasteiger partial charge on any atom is 0.344 e. The minimum absolute atomic E-state index is 0.0483. The van der Waals surface area contributed by atoms with Crippen LogP contribution in [0.15, 0.2) is 48.5 Å². The first-order valence-corrected chi connectivity index (χ1v) is 12.6. The number of benzene rings is 2. The van der Waals surface area contributed by atoms with Crippen molar-refractivity contribution < 1.29 is 23.9 Å². The van der Waals surface area contributed by atoms with Crippen LogP contribution in [0.4, 0.5) is 4.79 Å². The van der Waals surface area contributed by atoms with Gasteiger partial charge >= 0.3 is 6.03 Å². The van der Waals surface area contributed by atoms with E-state index in [2.05, 4.69) is 15.6 Å². The Kier molecular flexibility index (Phi) is 6.82. The van der Waals surface area contributed by atoms with Crippen LogP contribution < -0.4 is 20.2 Å². The number of urea groups is 1. The smallest absolute Gasteiger partial charge is 0.344 e. The number of hydrogen-bond donors (Lipinski definition) is 2. The second-order valence-corrected chi connectivity index (χ2v) is 9.81. The Labute approximate surface area is 210 Å². The van der Waals surface area contributed by atoms with Gasteiger partial charge in [0.2, 0.25) is 0 Å². The lowest BCUT2D eigenvalue weighted by atomic mass is 9.93. The van der Waals surface area contributed by atoms with Crippen molar-refractivity contribution in [2.75, 3.05) is 26.3 Å². The molecule has 5 rings (SSSR count). The molecule has 2 fully saturated rings. The van der Waals surface area contributed by atoms with Gasteiger partial charge in [0.15, 0.2) is 11.5 Å². The summed E-state index contributed by atoms with van der Waals surface area (Å²) >= 11 is 0. The third-order valence-corrected chi connectivity index (χ3v) is 7.12. The van der Waals surface area contributed by atoms with E-state index in [9.17, 15) is 14.4 Å². The second kappa shape index (κ2) is 10.2. The highest BCUT2D eigenvalue weighted by atomic mass is 16.5. The molecule has 3 aliphatic heterocycles. The number of nitrogens with zero attached hydrogens (tertiary/aromatic N) is 2. The maximum atomic E-state index is 13.1. The number of carbonyl (C=O) groups excluding carboxylic acids is 3. The summed E-state index contributed by atoms with van der Waals surface area (Å²) in [6.45, 7) is 3.78. The normalized spacial score (nSPS) is 23.9. The fourth-order valence-corrected chi connectivity index (χ4v) is 5.12. The van der Waals surface area contributed by atoms with Gasteiger partial charge in [-0.25, -0.2) is 4.79 Å². The van der Waals surface area contributed by atoms with E-state index < -0.39 is 23.4 Å². The molecule has 2 saturated heterocycles. The highest BCUT2D eigenvalue weighted by Crippen LogP contribution is 2.37. The first-order valence-electron chi connectivity index (χ1n) is 12.6. The van der Waals surface area contributed by atoms with Crippen molar-refractivity contribution in [3.63, 3.8) is 0 Å². The highest BCUT2D eigenvalue weighted by Gasteiger charge is 2.48. The van der Waals surface area contributed by atoms with Gasteiger partial charge in [0, 0.05) is 12.5 Å². The Morgan fingerprint density at radius 2 is 1.86 bits per heavy atom. The number of fused-ring (bicyclic) bond motifs is 1. The maximum absolute atomic E-state index is 13.1. The molecule has 9 nitrogen and oxygen atoms in total. The standard InChI is InChI=1S/C27H32N4O5/c1-27(13-12-19-7-3-2-4-8-19)25(33)31(26(34)28-27)29-24(32)18-30-14-5-9-21(30)20-10-11-22-23(17-20)36-16-6-15-35-22/h2-4,7-8,10-11,17,21H,5-6,9,12-16,18H2,1H3,(H,28,34)(H,29,32)/t21-,27+/m0/s1. The van der Waals surface area contributed by atoms with E-state index >= 15 is 0 Å². The zero-order valence-electron chi connectivity index (χ0n) is 20.5. The third-order valence-electron chi connectivity index (χ3n) is 7.12. The second-order valence-electron chi connectivity index (χ2n) is 9.81. The van der Waals surface area contributed by atoms with Crippen LogP contribution in [0.2, 0.25) is 0 Å². The molecular formula is C27H32N4O5. The first kappa shape index (κ1) is 24.1. The molecule has 0 aliphatic carbocycles. The number of imide groups is 1. The van der Waals surface area contributed by atoms with E-state index in [0.29, 0.717) is 26.1 Å². The van der Waals surface area contributed by atoms with E-state index in [0.717, 1.165) is 53.4 Å². The molecule has 36 heavy (non-hydrogen) atoms. The molecule has 3 heterocycles. The van der Waals surface area contributed by atoms with E-state index in [1.54, 1.807) is 6.92 Å². The number of hydrazine groups is 1. The zero-order valence-corrected chi connectivity index (χ0v) is 20.5. The summed E-state index contributed by atoms with van der Waals surface area (Å²) in [6.07, 6.45) is 3.77. The molecule has 0 bridgehead atoms. The number of amides is 4. The van der Waals surface area contributed by atoms with E-state index in [1.165, 1.54) is 0 Å². The van der Waals surface area contributed by atoms with Crippen molar-refractivity contribution in [3.8, 4) is 11.5 Å². The van der Waals surface area contributed by atoms with Crippen LogP contribution in [-0.4, -0.2) is 59.6 Å². The number of carbonyl (C=O) groups is 3. The third kappa shape index (κ3) is 5.02. The van der Waals surface area contributed by atoms with Gasteiger partial charge < -0.3 is 14.8 Å². The fraction of sp³-hybridized carbons (Fsp3) is 0.444. The summed E-state index contributed by atoms with van der Waals surface area (Å²) in [5.74, 6) is 0.632. The van der Waals surface area contributed by atoms with Crippen LogP contribution >= 0.6 is 0 Å².